The molecule has 0 aliphatic rings. The van der Waals surface area contributed by atoms with Gasteiger partial charge in [0.15, 0.2) is 0 Å². The molecule has 4 atom stereocenters. The number of benzene rings is 2. The molecule has 0 heterocycles. The van der Waals surface area contributed by atoms with Gasteiger partial charge in [0, 0.05) is 12.5 Å². The summed E-state index contributed by atoms with van der Waals surface area (Å²) in [6.07, 6.45) is 2.39. The van der Waals surface area contributed by atoms with E-state index >= 15 is 0 Å². The number of hydrogen-bond acceptors (Lipinski definition) is 8. The zero-order chi connectivity index (χ0) is 32.2. The summed E-state index contributed by atoms with van der Waals surface area (Å²) in [5.41, 5.74) is 1.70. The summed E-state index contributed by atoms with van der Waals surface area (Å²) in [6.45, 7) is 8.76. The van der Waals surface area contributed by atoms with Gasteiger partial charge in [-0.15, -0.1) is 13.2 Å². The summed E-state index contributed by atoms with van der Waals surface area (Å²) < 4.78 is 16.5. The molecule has 0 unspecified atom stereocenters. The zero-order valence-corrected chi connectivity index (χ0v) is 25.1. The van der Waals surface area contributed by atoms with E-state index in [-0.39, 0.29) is 52.3 Å². The Morgan fingerprint density at radius 1 is 0.818 bits per heavy atom. The number of amides is 3. The summed E-state index contributed by atoms with van der Waals surface area (Å²) in [4.78, 5) is 50.9. The van der Waals surface area contributed by atoms with Crippen molar-refractivity contribution in [3.63, 3.8) is 0 Å². The number of rotatable bonds is 20. The largest absolute Gasteiger partial charge is 0.462 e. The lowest BCUT2D eigenvalue weighted by atomic mass is 9.99. The Bertz CT molecular complexity index is 1190. The topological polar surface area (TPSA) is 152 Å². The smallest absolute Gasteiger partial charge is 0.408 e. The third-order valence-electron chi connectivity index (χ3n) is 6.33. The lowest BCUT2D eigenvalue weighted by Gasteiger charge is -2.24. The summed E-state index contributed by atoms with van der Waals surface area (Å²) in [6, 6.07) is 16.2. The molecule has 0 aliphatic heterocycles. The van der Waals surface area contributed by atoms with Crippen molar-refractivity contribution < 1.29 is 38.5 Å². The number of ether oxygens (including phenoxy) is 3. The van der Waals surface area contributed by atoms with Crippen LogP contribution in [-0.2, 0) is 41.8 Å². The highest BCUT2D eigenvalue weighted by atomic mass is 16.6. The number of aliphatic hydroxyl groups excluding tert-OH is 1. The molecule has 0 saturated heterocycles. The van der Waals surface area contributed by atoms with E-state index in [1.54, 1.807) is 19.1 Å². The molecule has 2 aromatic rings. The average Bonchev–Trinajstić information content (AvgIpc) is 3.02. The molecular formula is C33H43N3O8. The van der Waals surface area contributed by atoms with Crippen molar-refractivity contribution >= 4 is 23.9 Å². The Labute approximate surface area is 258 Å². The van der Waals surface area contributed by atoms with Crippen molar-refractivity contribution in [1.29, 1.82) is 0 Å². The number of esters is 1. The van der Waals surface area contributed by atoms with Crippen molar-refractivity contribution in [3.05, 3.63) is 97.1 Å². The van der Waals surface area contributed by atoms with E-state index < -0.39 is 47.9 Å². The quantitative estimate of drug-likeness (QED) is 0.132. The van der Waals surface area contributed by atoms with Crippen LogP contribution in [0.25, 0.3) is 0 Å². The fraction of sp³-hybridized carbons (Fsp3) is 0.394. The van der Waals surface area contributed by atoms with Gasteiger partial charge < -0.3 is 35.3 Å². The second-order valence-electron chi connectivity index (χ2n) is 10.2. The van der Waals surface area contributed by atoms with E-state index in [0.29, 0.717) is 0 Å². The number of allylic oxidation sites excluding steroid dienone is 1. The monoisotopic (exact) mass is 609 g/mol. The molecular weight excluding hydrogens is 566 g/mol. The first-order valence-electron chi connectivity index (χ1n) is 14.4. The minimum absolute atomic E-state index is 0.00113. The Morgan fingerprint density at radius 2 is 1.43 bits per heavy atom. The van der Waals surface area contributed by atoms with Crippen LogP contribution in [-0.4, -0.2) is 66.9 Å². The van der Waals surface area contributed by atoms with Crippen molar-refractivity contribution in [3.8, 4) is 0 Å². The molecule has 11 nitrogen and oxygen atoms in total. The van der Waals surface area contributed by atoms with Gasteiger partial charge in [0.25, 0.3) is 0 Å². The maximum absolute atomic E-state index is 13.2. The molecule has 0 aliphatic carbocycles. The molecule has 0 bridgehead atoms. The Kier molecular flexibility index (Phi) is 16.6. The highest BCUT2D eigenvalue weighted by Crippen LogP contribution is 2.12. The number of carbonyl (C=O) groups excluding carboxylic acids is 4. The minimum Gasteiger partial charge on any atom is -0.462 e. The Morgan fingerprint density at radius 3 is 2.02 bits per heavy atom. The molecule has 2 rings (SSSR count). The molecule has 11 heteroatoms. The van der Waals surface area contributed by atoms with Crippen LogP contribution in [0.2, 0.25) is 0 Å². The SMILES string of the molecule is C=CC[C@@H](CC(=O)N[C@@H](C)CO)C(=O)N[C@@H](COCc1ccccc1)COC(=O)[C@@H](CC=C)NC(=O)OCc1ccccc1. The highest BCUT2D eigenvalue weighted by molar-refractivity contribution is 5.86. The van der Waals surface area contributed by atoms with Gasteiger partial charge in [-0.3, -0.25) is 9.59 Å². The van der Waals surface area contributed by atoms with Crippen molar-refractivity contribution in [2.75, 3.05) is 19.8 Å². The number of hydrogen-bond donors (Lipinski definition) is 4. The second-order valence-corrected chi connectivity index (χ2v) is 10.2. The van der Waals surface area contributed by atoms with Gasteiger partial charge in [-0.05, 0) is 30.9 Å². The molecule has 44 heavy (non-hydrogen) atoms. The molecule has 2 aromatic carbocycles. The van der Waals surface area contributed by atoms with Gasteiger partial charge in [-0.2, -0.15) is 0 Å². The summed E-state index contributed by atoms with van der Waals surface area (Å²) in [5, 5.41) is 17.2. The van der Waals surface area contributed by atoms with Crippen LogP contribution in [0.1, 0.15) is 37.3 Å². The standard InChI is InChI=1S/C33H43N3O8/c1-4-12-27(18-30(38)34-24(3)19-37)31(39)35-28(22-42-20-25-14-8-6-9-15-25)23-43-32(40)29(13-5-2)36-33(41)44-21-26-16-10-7-11-17-26/h4-11,14-17,24,27-29,37H,1-2,12-13,18-23H2,3H3,(H,34,38)(H,35,39)(H,36,41)/t24-,27-,28-,29+/m0/s1. The lowest BCUT2D eigenvalue weighted by Crippen LogP contribution is -2.47. The summed E-state index contributed by atoms with van der Waals surface area (Å²) in [5.74, 6) is -2.34. The van der Waals surface area contributed by atoms with Crippen LogP contribution in [0, 0.1) is 5.92 Å². The Balaban J connectivity index is 2.03. The van der Waals surface area contributed by atoms with Crippen LogP contribution < -0.4 is 16.0 Å². The van der Waals surface area contributed by atoms with Crippen LogP contribution in [0.15, 0.2) is 86.0 Å². The van der Waals surface area contributed by atoms with Crippen molar-refractivity contribution in [2.24, 2.45) is 5.92 Å². The lowest BCUT2D eigenvalue weighted by molar-refractivity contribution is -0.148. The van der Waals surface area contributed by atoms with Gasteiger partial charge in [0.2, 0.25) is 11.8 Å². The highest BCUT2D eigenvalue weighted by Gasteiger charge is 2.27. The number of aliphatic hydroxyl groups is 1. The van der Waals surface area contributed by atoms with Gasteiger partial charge in [0.05, 0.1) is 31.8 Å². The van der Waals surface area contributed by atoms with Crippen LogP contribution in [0.5, 0.6) is 0 Å². The number of nitrogens with one attached hydrogen (secondary N) is 3. The molecule has 0 radical (unpaired) electrons. The third kappa shape index (κ3) is 14.1. The normalized spacial score (nSPS) is 13.3. The molecule has 4 N–H and O–H groups in total. The van der Waals surface area contributed by atoms with Gasteiger partial charge in [-0.1, -0.05) is 72.8 Å². The predicted molar refractivity (Wildman–Crippen MR) is 165 cm³/mol. The fourth-order valence-corrected chi connectivity index (χ4v) is 4.00. The summed E-state index contributed by atoms with van der Waals surface area (Å²) >= 11 is 0. The number of carbonyl (C=O) groups is 4. The molecule has 238 valence electrons. The van der Waals surface area contributed by atoms with E-state index in [1.165, 1.54) is 12.2 Å². The van der Waals surface area contributed by atoms with E-state index in [4.69, 9.17) is 14.2 Å². The minimum atomic E-state index is -1.07. The second kappa shape index (κ2) is 20.4. The van der Waals surface area contributed by atoms with E-state index in [2.05, 4.69) is 29.1 Å². The predicted octanol–water partition coefficient (Wildman–Crippen LogP) is 3.18. The first kappa shape index (κ1) is 35.7. The maximum atomic E-state index is 13.2. The third-order valence-corrected chi connectivity index (χ3v) is 6.33. The van der Waals surface area contributed by atoms with E-state index in [9.17, 15) is 24.3 Å². The first-order valence-corrected chi connectivity index (χ1v) is 14.4. The molecule has 0 aromatic heterocycles. The van der Waals surface area contributed by atoms with Gasteiger partial charge >= 0.3 is 12.1 Å². The van der Waals surface area contributed by atoms with Crippen LogP contribution in [0.4, 0.5) is 4.79 Å². The Hall–Kier alpha value is -4.48. The number of alkyl carbamates (subject to hydrolysis) is 1. The van der Waals surface area contributed by atoms with Crippen molar-refractivity contribution in [1.82, 2.24) is 16.0 Å². The first-order chi connectivity index (χ1) is 21.2. The van der Waals surface area contributed by atoms with E-state index in [0.717, 1.165) is 11.1 Å². The maximum Gasteiger partial charge on any atom is 0.408 e. The van der Waals surface area contributed by atoms with E-state index in [1.807, 2.05) is 48.5 Å². The average molecular weight is 610 g/mol. The molecule has 3 amide bonds. The van der Waals surface area contributed by atoms with Crippen LogP contribution in [0.3, 0.4) is 0 Å². The summed E-state index contributed by atoms with van der Waals surface area (Å²) in [7, 11) is 0. The van der Waals surface area contributed by atoms with Crippen LogP contribution >= 0.6 is 0 Å². The molecule has 0 fully saturated rings. The fourth-order valence-electron chi connectivity index (χ4n) is 4.00. The van der Waals surface area contributed by atoms with Gasteiger partial charge in [0.1, 0.15) is 19.3 Å². The van der Waals surface area contributed by atoms with Crippen molar-refractivity contribution in [2.45, 2.75) is 57.5 Å². The molecule has 0 spiro atoms. The van der Waals surface area contributed by atoms with Gasteiger partial charge in [-0.25, -0.2) is 9.59 Å². The molecule has 0 saturated carbocycles. The zero-order valence-electron chi connectivity index (χ0n) is 25.1.